The number of nitrogens with one attached hydrogen (secondary N) is 3. The van der Waals surface area contributed by atoms with E-state index >= 15 is 0 Å². The second-order valence-electron chi connectivity index (χ2n) is 6.94. The average Bonchev–Trinajstić information content (AvgIpc) is 2.70. The summed E-state index contributed by atoms with van der Waals surface area (Å²) < 4.78 is 28.7. The van der Waals surface area contributed by atoms with Gasteiger partial charge in [0, 0.05) is 19.1 Å². The molecule has 29 heavy (non-hydrogen) atoms. The van der Waals surface area contributed by atoms with Crippen molar-refractivity contribution >= 4 is 11.9 Å². The summed E-state index contributed by atoms with van der Waals surface area (Å²) in [6, 6.07) is 6.03. The van der Waals surface area contributed by atoms with Crippen molar-refractivity contribution in [2.45, 2.75) is 57.8 Å². The molecule has 4 N–H and O–H groups in total. The first kappa shape index (κ1) is 22.9. The molecule has 0 saturated heterocycles. The Balaban J connectivity index is 1.82. The van der Waals surface area contributed by atoms with Crippen molar-refractivity contribution in [3.8, 4) is 5.75 Å². The Morgan fingerprint density at radius 3 is 2.52 bits per heavy atom. The molecule has 1 unspecified atom stereocenters. The highest BCUT2D eigenvalue weighted by Gasteiger charge is 2.15. The number of hydrogen-bond acceptors (Lipinski definition) is 4. The highest BCUT2D eigenvalue weighted by molar-refractivity contribution is 5.85. The molecule has 9 heteroatoms. The van der Waals surface area contributed by atoms with Gasteiger partial charge in [-0.25, -0.2) is 4.99 Å². The topological polar surface area (TPSA) is 95.0 Å². The largest absolute Gasteiger partial charge is 0.435 e. The second-order valence-corrected chi connectivity index (χ2v) is 6.94. The number of aliphatic imine (C=N–C) groups is 1. The molecule has 7 nitrogen and oxygen atoms in total. The van der Waals surface area contributed by atoms with Crippen molar-refractivity contribution in [1.82, 2.24) is 16.0 Å². The molecule has 0 aromatic heterocycles. The van der Waals surface area contributed by atoms with Crippen LogP contribution in [0.25, 0.3) is 0 Å². The molecular formula is C20H30F2N4O3. The zero-order valence-electron chi connectivity index (χ0n) is 16.7. The first-order valence-electron chi connectivity index (χ1n) is 10.0. The van der Waals surface area contributed by atoms with Crippen LogP contribution in [0, 0.1) is 0 Å². The third-order valence-electron chi connectivity index (χ3n) is 4.65. The standard InChI is InChI=1S/C20H30F2N4O3/c1-2-23-20(25-13-18(28)26-15-6-4-3-5-7-15)24-12-17(27)14-8-10-16(11-9-14)29-19(21)22/h8-11,15,17,19,27H,2-7,12-13H2,1H3,(H,26,28)(H2,23,24,25). The first-order valence-corrected chi connectivity index (χ1v) is 10.0. The monoisotopic (exact) mass is 412 g/mol. The van der Waals surface area contributed by atoms with Crippen LogP contribution in [0.1, 0.15) is 50.7 Å². The molecule has 1 fully saturated rings. The molecule has 0 spiro atoms. The van der Waals surface area contributed by atoms with E-state index in [4.69, 9.17) is 0 Å². The third kappa shape index (κ3) is 8.64. The van der Waals surface area contributed by atoms with Crippen molar-refractivity contribution in [1.29, 1.82) is 0 Å². The minimum absolute atomic E-state index is 0.00158. The predicted molar refractivity (Wildman–Crippen MR) is 107 cm³/mol. The maximum Gasteiger partial charge on any atom is 0.387 e. The number of nitrogens with zero attached hydrogens (tertiary/aromatic N) is 1. The number of aliphatic hydroxyl groups is 1. The van der Waals surface area contributed by atoms with Gasteiger partial charge in [0.05, 0.1) is 6.10 Å². The number of benzene rings is 1. The van der Waals surface area contributed by atoms with Gasteiger partial charge in [0.2, 0.25) is 5.91 Å². The molecule has 1 amide bonds. The van der Waals surface area contributed by atoms with Gasteiger partial charge >= 0.3 is 6.61 Å². The lowest BCUT2D eigenvalue weighted by Gasteiger charge is -2.22. The number of guanidine groups is 1. The van der Waals surface area contributed by atoms with Gasteiger partial charge in [-0.2, -0.15) is 8.78 Å². The van der Waals surface area contributed by atoms with Gasteiger partial charge < -0.3 is 25.8 Å². The van der Waals surface area contributed by atoms with Crippen LogP contribution >= 0.6 is 0 Å². The smallest absolute Gasteiger partial charge is 0.387 e. The molecule has 1 saturated carbocycles. The van der Waals surface area contributed by atoms with Crippen molar-refractivity contribution in [3.05, 3.63) is 29.8 Å². The molecule has 162 valence electrons. The normalized spacial score (nSPS) is 16.4. The Hall–Kier alpha value is -2.42. The van der Waals surface area contributed by atoms with Gasteiger partial charge in [0.15, 0.2) is 5.96 Å². The fourth-order valence-electron chi connectivity index (χ4n) is 3.20. The Labute approximate surface area is 169 Å². The van der Waals surface area contributed by atoms with Crippen molar-refractivity contribution in [3.63, 3.8) is 0 Å². The fourth-order valence-corrected chi connectivity index (χ4v) is 3.20. The summed E-state index contributed by atoms with van der Waals surface area (Å²) in [6.07, 6.45) is 4.67. The number of carbonyl (C=O) groups is 1. The zero-order chi connectivity index (χ0) is 21.1. The van der Waals surface area contributed by atoms with Crippen LogP contribution in [0.3, 0.4) is 0 Å². The lowest BCUT2D eigenvalue weighted by atomic mass is 9.95. The fraction of sp³-hybridized carbons (Fsp3) is 0.600. The van der Waals surface area contributed by atoms with Gasteiger partial charge in [-0.05, 0) is 37.5 Å². The summed E-state index contributed by atoms with van der Waals surface area (Å²) in [4.78, 5) is 16.4. The number of rotatable bonds is 9. The summed E-state index contributed by atoms with van der Waals surface area (Å²) >= 11 is 0. The lowest BCUT2D eigenvalue weighted by Crippen LogP contribution is -2.41. The molecule has 1 aromatic rings. The Bertz CT molecular complexity index is 650. The number of alkyl halides is 2. The minimum atomic E-state index is -2.89. The summed E-state index contributed by atoms with van der Waals surface area (Å²) in [5.74, 6) is 0.329. The molecule has 1 aliphatic rings. The van der Waals surface area contributed by atoms with Crippen molar-refractivity contribution in [2.24, 2.45) is 4.99 Å². The first-order chi connectivity index (χ1) is 14.0. The molecule has 0 heterocycles. The zero-order valence-corrected chi connectivity index (χ0v) is 16.7. The van der Waals surface area contributed by atoms with E-state index in [9.17, 15) is 18.7 Å². The van der Waals surface area contributed by atoms with Crippen LogP contribution in [0.5, 0.6) is 5.75 Å². The highest BCUT2D eigenvalue weighted by atomic mass is 19.3. The van der Waals surface area contributed by atoms with E-state index < -0.39 is 12.7 Å². The quantitative estimate of drug-likeness (QED) is 0.369. The van der Waals surface area contributed by atoms with Gasteiger partial charge in [0.1, 0.15) is 12.3 Å². The maximum atomic E-state index is 12.2. The van der Waals surface area contributed by atoms with E-state index in [2.05, 4.69) is 25.7 Å². The second kappa shape index (κ2) is 12.2. The third-order valence-corrected chi connectivity index (χ3v) is 4.65. The molecule has 0 aliphatic heterocycles. The van der Waals surface area contributed by atoms with Crippen molar-refractivity contribution < 1.29 is 23.4 Å². The van der Waals surface area contributed by atoms with Crippen LogP contribution in [-0.4, -0.2) is 49.3 Å². The Morgan fingerprint density at radius 2 is 1.90 bits per heavy atom. The SMILES string of the molecule is CCNC(=NCC(=O)NC1CCCCC1)NCC(O)c1ccc(OC(F)F)cc1. The molecule has 1 atom stereocenters. The van der Waals surface area contributed by atoms with Crippen LogP contribution in [0.4, 0.5) is 8.78 Å². The van der Waals surface area contributed by atoms with Gasteiger partial charge in [-0.1, -0.05) is 31.4 Å². The van der Waals surface area contributed by atoms with Crippen molar-refractivity contribution in [2.75, 3.05) is 19.6 Å². The predicted octanol–water partition coefficient (Wildman–Crippen LogP) is 2.33. The summed E-state index contributed by atoms with van der Waals surface area (Å²) in [5.41, 5.74) is 0.546. The van der Waals surface area contributed by atoms with E-state index in [1.54, 1.807) is 0 Å². The van der Waals surface area contributed by atoms with Crippen LogP contribution < -0.4 is 20.7 Å². The highest BCUT2D eigenvalue weighted by Crippen LogP contribution is 2.19. The Morgan fingerprint density at radius 1 is 1.21 bits per heavy atom. The molecule has 0 radical (unpaired) electrons. The minimum Gasteiger partial charge on any atom is -0.435 e. The van der Waals surface area contributed by atoms with E-state index in [1.807, 2.05) is 6.92 Å². The van der Waals surface area contributed by atoms with E-state index in [1.165, 1.54) is 30.7 Å². The van der Waals surface area contributed by atoms with Gasteiger partial charge in [0.25, 0.3) is 0 Å². The van der Waals surface area contributed by atoms with E-state index in [0.717, 1.165) is 25.7 Å². The van der Waals surface area contributed by atoms with Crippen LogP contribution in [-0.2, 0) is 4.79 Å². The summed E-state index contributed by atoms with van der Waals surface area (Å²) in [5, 5.41) is 19.3. The van der Waals surface area contributed by atoms with E-state index in [-0.39, 0.29) is 30.8 Å². The summed E-state index contributed by atoms with van der Waals surface area (Å²) in [7, 11) is 0. The van der Waals surface area contributed by atoms with Gasteiger partial charge in [-0.15, -0.1) is 0 Å². The number of aliphatic hydroxyl groups excluding tert-OH is 1. The number of ether oxygens (including phenoxy) is 1. The number of carbonyl (C=O) groups excluding carboxylic acids is 1. The molecular weight excluding hydrogens is 382 g/mol. The van der Waals surface area contributed by atoms with Crippen LogP contribution in [0.2, 0.25) is 0 Å². The average molecular weight is 412 g/mol. The van der Waals surface area contributed by atoms with Crippen LogP contribution in [0.15, 0.2) is 29.3 Å². The Kier molecular flexibility index (Phi) is 9.63. The van der Waals surface area contributed by atoms with E-state index in [0.29, 0.717) is 18.1 Å². The molecule has 1 aromatic carbocycles. The molecule has 2 rings (SSSR count). The van der Waals surface area contributed by atoms with Gasteiger partial charge in [-0.3, -0.25) is 4.79 Å². The summed E-state index contributed by atoms with van der Waals surface area (Å²) in [6.45, 7) is -0.239. The number of hydrogen-bond donors (Lipinski definition) is 4. The number of halogens is 2. The number of amides is 1. The molecule has 1 aliphatic carbocycles. The maximum absolute atomic E-state index is 12.2. The molecule has 0 bridgehead atoms. The lowest BCUT2D eigenvalue weighted by molar-refractivity contribution is -0.120.